The summed E-state index contributed by atoms with van der Waals surface area (Å²) < 4.78 is 21.2. The molecule has 2 aromatic rings. The number of fused-ring (bicyclic) bond motifs is 1. The number of benzene rings is 2. The molecule has 0 radical (unpaired) electrons. The average molecular weight is 386 g/mol. The van der Waals surface area contributed by atoms with Gasteiger partial charge in [-0.2, -0.15) is 0 Å². The van der Waals surface area contributed by atoms with Crippen LogP contribution in [0, 0.1) is 11.8 Å². The van der Waals surface area contributed by atoms with Crippen LogP contribution in [0.2, 0.25) is 0 Å². The van der Waals surface area contributed by atoms with Crippen LogP contribution in [0.3, 0.4) is 0 Å². The number of hydrogen-bond acceptors (Lipinski definition) is 8. The molecule has 0 bridgehead atoms. The number of phenols is 2. The molecule has 2 saturated heterocycles. The van der Waals surface area contributed by atoms with Gasteiger partial charge in [-0.05, 0) is 35.4 Å². The summed E-state index contributed by atoms with van der Waals surface area (Å²) in [5.41, 5.74) is 1.05. The Hall–Kier alpha value is -3.42. The van der Waals surface area contributed by atoms with Crippen molar-refractivity contribution in [3.8, 4) is 23.0 Å². The van der Waals surface area contributed by atoms with Crippen LogP contribution in [-0.4, -0.2) is 36.4 Å². The molecular formula is C20H18O8. The molecule has 8 nitrogen and oxygen atoms in total. The Kier molecular flexibility index (Phi) is 4.26. The highest BCUT2D eigenvalue weighted by atomic mass is 16.6. The molecule has 0 saturated carbocycles. The second-order valence-electron chi connectivity index (χ2n) is 6.63. The fourth-order valence-corrected chi connectivity index (χ4v) is 3.76. The highest BCUT2D eigenvalue weighted by molar-refractivity contribution is 5.89. The Bertz CT molecular complexity index is 876. The summed E-state index contributed by atoms with van der Waals surface area (Å²) in [5.74, 6) is -2.45. The number of aromatic hydroxyl groups is 2. The summed E-state index contributed by atoms with van der Waals surface area (Å²) in [6.07, 6.45) is -1.69. The summed E-state index contributed by atoms with van der Waals surface area (Å²) >= 11 is 0. The van der Waals surface area contributed by atoms with Gasteiger partial charge >= 0.3 is 11.9 Å². The summed E-state index contributed by atoms with van der Waals surface area (Å²) in [6, 6.07) is 9.03. The molecule has 0 aliphatic carbocycles. The van der Waals surface area contributed by atoms with Crippen LogP contribution in [-0.2, 0) is 19.1 Å². The van der Waals surface area contributed by atoms with E-state index in [-0.39, 0.29) is 23.0 Å². The van der Waals surface area contributed by atoms with Crippen molar-refractivity contribution in [2.75, 3.05) is 14.2 Å². The fraction of sp³-hybridized carbons (Fsp3) is 0.300. The largest absolute Gasteiger partial charge is 0.504 e. The lowest BCUT2D eigenvalue weighted by atomic mass is 9.84. The summed E-state index contributed by atoms with van der Waals surface area (Å²) in [5, 5.41) is 19.6. The molecule has 4 atom stereocenters. The number of methoxy groups -OCH3 is 2. The Labute approximate surface area is 160 Å². The van der Waals surface area contributed by atoms with E-state index in [1.54, 1.807) is 12.1 Å². The van der Waals surface area contributed by atoms with Crippen LogP contribution >= 0.6 is 0 Å². The minimum atomic E-state index is -0.844. The van der Waals surface area contributed by atoms with Crippen LogP contribution < -0.4 is 9.47 Å². The smallest absolute Gasteiger partial charge is 0.314 e. The summed E-state index contributed by atoms with van der Waals surface area (Å²) in [4.78, 5) is 25.2. The molecule has 2 aliphatic rings. The number of hydrogen-bond donors (Lipinski definition) is 2. The van der Waals surface area contributed by atoms with Gasteiger partial charge in [0.25, 0.3) is 0 Å². The summed E-state index contributed by atoms with van der Waals surface area (Å²) in [7, 11) is 2.81. The standard InChI is InChI=1S/C20H18O8/c1-25-13-7-9(3-5-11(13)21)17-15-16(20(24)27-17)18(28-19(15)23)10-4-6-12(22)14(8-10)26-2/h3-8,15-18,21-22H,1-2H3/t15-,16-,17+,18+/m1/s1. The zero-order chi connectivity index (χ0) is 20.0. The molecule has 2 aromatic carbocycles. The van der Waals surface area contributed by atoms with E-state index in [0.29, 0.717) is 11.1 Å². The van der Waals surface area contributed by atoms with Gasteiger partial charge in [0.15, 0.2) is 23.0 Å². The molecule has 0 spiro atoms. The van der Waals surface area contributed by atoms with Gasteiger partial charge in [-0.15, -0.1) is 0 Å². The molecule has 2 fully saturated rings. The molecule has 28 heavy (non-hydrogen) atoms. The first kappa shape index (κ1) is 18.0. The zero-order valence-corrected chi connectivity index (χ0v) is 15.1. The first-order valence-electron chi connectivity index (χ1n) is 8.59. The second kappa shape index (κ2) is 6.63. The van der Waals surface area contributed by atoms with Crippen LogP contribution in [0.5, 0.6) is 23.0 Å². The molecular weight excluding hydrogens is 368 g/mol. The number of ether oxygens (including phenoxy) is 4. The SMILES string of the molecule is COc1cc([C@@H]2OC(=O)[C@@H]3[C@H]2C(=O)O[C@H]3c2ccc(O)c(OC)c2)ccc1O. The van der Waals surface area contributed by atoms with E-state index in [0.717, 1.165) is 0 Å². The maximum atomic E-state index is 12.6. The maximum absolute atomic E-state index is 12.6. The third-order valence-electron chi connectivity index (χ3n) is 5.13. The van der Waals surface area contributed by atoms with Gasteiger partial charge in [-0.3, -0.25) is 9.59 Å². The quantitative estimate of drug-likeness (QED) is 0.770. The molecule has 146 valence electrons. The predicted molar refractivity (Wildman–Crippen MR) is 94.0 cm³/mol. The van der Waals surface area contributed by atoms with E-state index < -0.39 is 36.0 Å². The number of phenolic OH excluding ortho intramolecular Hbond substituents is 2. The molecule has 0 unspecified atom stereocenters. The fourth-order valence-electron chi connectivity index (χ4n) is 3.76. The number of esters is 2. The monoisotopic (exact) mass is 386 g/mol. The number of rotatable bonds is 4. The number of carbonyl (C=O) groups excluding carboxylic acids is 2. The highest BCUT2D eigenvalue weighted by Gasteiger charge is 2.60. The van der Waals surface area contributed by atoms with Gasteiger partial charge in [0.05, 0.1) is 14.2 Å². The van der Waals surface area contributed by atoms with Crippen LogP contribution in [0.15, 0.2) is 36.4 Å². The molecule has 0 aromatic heterocycles. The zero-order valence-electron chi connectivity index (χ0n) is 15.1. The molecule has 8 heteroatoms. The number of cyclic esters (lactones) is 2. The van der Waals surface area contributed by atoms with E-state index in [1.807, 2.05) is 0 Å². The molecule has 0 amide bonds. The van der Waals surface area contributed by atoms with Crippen LogP contribution in [0.1, 0.15) is 23.3 Å². The highest BCUT2D eigenvalue weighted by Crippen LogP contribution is 2.52. The van der Waals surface area contributed by atoms with E-state index in [2.05, 4.69) is 0 Å². The van der Waals surface area contributed by atoms with Gasteiger partial charge in [0.2, 0.25) is 0 Å². The van der Waals surface area contributed by atoms with Crippen LogP contribution in [0.4, 0.5) is 0 Å². The molecule has 2 heterocycles. The van der Waals surface area contributed by atoms with Gasteiger partial charge in [0.1, 0.15) is 24.0 Å². The topological polar surface area (TPSA) is 112 Å². The Morgan fingerprint density at radius 2 is 1.14 bits per heavy atom. The minimum absolute atomic E-state index is 0.0600. The second-order valence-corrected chi connectivity index (χ2v) is 6.63. The third kappa shape index (κ3) is 2.69. The van der Waals surface area contributed by atoms with Gasteiger partial charge in [-0.25, -0.2) is 0 Å². The predicted octanol–water partition coefficient (Wildman–Crippen LogP) is 2.24. The van der Waals surface area contributed by atoms with E-state index in [1.165, 1.54) is 38.5 Å². The lowest BCUT2D eigenvalue weighted by molar-refractivity contribution is -0.154. The first-order chi connectivity index (χ1) is 13.4. The Balaban J connectivity index is 1.69. The van der Waals surface area contributed by atoms with Crippen molar-refractivity contribution >= 4 is 11.9 Å². The lowest BCUT2D eigenvalue weighted by Gasteiger charge is -2.16. The van der Waals surface area contributed by atoms with Crippen molar-refractivity contribution in [2.45, 2.75) is 12.2 Å². The minimum Gasteiger partial charge on any atom is -0.504 e. The molecule has 2 aliphatic heterocycles. The summed E-state index contributed by atoms with van der Waals surface area (Å²) in [6.45, 7) is 0. The first-order valence-corrected chi connectivity index (χ1v) is 8.59. The van der Waals surface area contributed by atoms with Crippen molar-refractivity contribution in [2.24, 2.45) is 11.8 Å². The van der Waals surface area contributed by atoms with Gasteiger partial charge < -0.3 is 29.2 Å². The average Bonchev–Trinajstić information content (AvgIpc) is 3.21. The Morgan fingerprint density at radius 3 is 1.50 bits per heavy atom. The molecule has 2 N–H and O–H groups in total. The van der Waals surface area contributed by atoms with E-state index in [9.17, 15) is 19.8 Å². The van der Waals surface area contributed by atoms with Crippen molar-refractivity contribution in [3.05, 3.63) is 47.5 Å². The van der Waals surface area contributed by atoms with Crippen molar-refractivity contribution in [1.29, 1.82) is 0 Å². The lowest BCUT2D eigenvalue weighted by Crippen LogP contribution is -2.19. The van der Waals surface area contributed by atoms with Crippen molar-refractivity contribution in [1.82, 2.24) is 0 Å². The Morgan fingerprint density at radius 1 is 0.750 bits per heavy atom. The van der Waals surface area contributed by atoms with E-state index >= 15 is 0 Å². The maximum Gasteiger partial charge on any atom is 0.314 e. The van der Waals surface area contributed by atoms with Crippen molar-refractivity contribution < 1.29 is 38.7 Å². The molecule has 4 rings (SSSR count). The third-order valence-corrected chi connectivity index (χ3v) is 5.13. The van der Waals surface area contributed by atoms with Gasteiger partial charge in [0, 0.05) is 0 Å². The number of carbonyl (C=O) groups is 2. The van der Waals surface area contributed by atoms with Crippen LogP contribution in [0.25, 0.3) is 0 Å². The normalized spacial score (nSPS) is 25.8. The van der Waals surface area contributed by atoms with Crippen molar-refractivity contribution in [3.63, 3.8) is 0 Å². The van der Waals surface area contributed by atoms with E-state index in [4.69, 9.17) is 18.9 Å². The van der Waals surface area contributed by atoms with Gasteiger partial charge in [-0.1, -0.05) is 12.1 Å².